The molecular weight excluding hydrogens is 388 g/mol. The Hall–Kier alpha value is -2.38. The van der Waals surface area contributed by atoms with Crippen molar-refractivity contribution in [3.05, 3.63) is 59.7 Å². The largest absolute Gasteiger partial charge is 0.484 e. The zero-order valence-corrected chi connectivity index (χ0v) is 17.5. The number of hydrogen-bond donors (Lipinski definition) is 2. The number of nitrogens with one attached hydrogen (secondary N) is 2. The van der Waals surface area contributed by atoms with Gasteiger partial charge in [-0.1, -0.05) is 49.1 Å². The summed E-state index contributed by atoms with van der Waals surface area (Å²) in [5.74, 6) is 0.217. The molecule has 0 heterocycles. The van der Waals surface area contributed by atoms with Gasteiger partial charge in [0.25, 0.3) is 5.91 Å². The number of benzene rings is 2. The molecule has 1 aliphatic carbocycles. The van der Waals surface area contributed by atoms with Gasteiger partial charge in [0.15, 0.2) is 6.61 Å². The van der Waals surface area contributed by atoms with E-state index in [1.807, 2.05) is 31.2 Å². The first-order valence-electron chi connectivity index (χ1n) is 10.00. The van der Waals surface area contributed by atoms with E-state index in [0.29, 0.717) is 12.3 Å². The van der Waals surface area contributed by atoms with E-state index < -0.39 is 10.0 Å². The molecule has 1 saturated carbocycles. The molecule has 0 atom stereocenters. The SMILES string of the molecule is Cc1cccc(CNC(=O)COc2ccc(S(=O)(=O)NC3CCCCC3)cc2)c1. The number of hydrogen-bond acceptors (Lipinski definition) is 4. The summed E-state index contributed by atoms with van der Waals surface area (Å²) in [4.78, 5) is 12.2. The molecule has 0 bridgehead atoms. The lowest BCUT2D eigenvalue weighted by molar-refractivity contribution is -0.123. The molecule has 0 unspecified atom stereocenters. The third-order valence-electron chi connectivity index (χ3n) is 5.00. The van der Waals surface area contributed by atoms with Gasteiger partial charge >= 0.3 is 0 Å². The van der Waals surface area contributed by atoms with E-state index in [1.165, 1.54) is 18.6 Å². The molecule has 2 aromatic carbocycles. The molecule has 0 saturated heterocycles. The van der Waals surface area contributed by atoms with Crippen LogP contribution in [-0.2, 0) is 21.4 Å². The van der Waals surface area contributed by atoms with Gasteiger partial charge in [0.1, 0.15) is 5.75 Å². The topological polar surface area (TPSA) is 84.5 Å². The molecule has 1 aliphatic rings. The smallest absolute Gasteiger partial charge is 0.258 e. The zero-order valence-electron chi connectivity index (χ0n) is 16.7. The highest BCUT2D eigenvalue weighted by Crippen LogP contribution is 2.21. The van der Waals surface area contributed by atoms with Gasteiger partial charge in [-0.25, -0.2) is 13.1 Å². The molecule has 3 rings (SSSR count). The van der Waals surface area contributed by atoms with Crippen LogP contribution in [0, 0.1) is 6.92 Å². The molecule has 156 valence electrons. The number of carbonyl (C=O) groups excluding carboxylic acids is 1. The minimum atomic E-state index is -3.54. The first-order chi connectivity index (χ1) is 13.9. The van der Waals surface area contributed by atoms with E-state index in [0.717, 1.165) is 36.8 Å². The summed E-state index contributed by atoms with van der Waals surface area (Å²) in [5, 5.41) is 2.81. The molecule has 2 aromatic rings. The average Bonchev–Trinajstić information content (AvgIpc) is 2.71. The van der Waals surface area contributed by atoms with Crippen LogP contribution in [-0.4, -0.2) is 27.0 Å². The van der Waals surface area contributed by atoms with Gasteiger partial charge in [0.05, 0.1) is 4.90 Å². The van der Waals surface area contributed by atoms with E-state index in [2.05, 4.69) is 10.0 Å². The van der Waals surface area contributed by atoms with Gasteiger partial charge in [-0.2, -0.15) is 0 Å². The fourth-order valence-corrected chi connectivity index (χ4v) is 4.75. The number of sulfonamides is 1. The number of rotatable bonds is 8. The van der Waals surface area contributed by atoms with Crippen LogP contribution in [0.3, 0.4) is 0 Å². The second-order valence-electron chi connectivity index (χ2n) is 7.48. The van der Waals surface area contributed by atoms with Gasteiger partial charge in [-0.15, -0.1) is 0 Å². The summed E-state index contributed by atoms with van der Waals surface area (Å²) in [6, 6.07) is 14.1. The van der Waals surface area contributed by atoms with Gasteiger partial charge < -0.3 is 10.1 Å². The normalized spacial score (nSPS) is 15.1. The predicted octanol–water partition coefficient (Wildman–Crippen LogP) is 3.30. The summed E-state index contributed by atoms with van der Waals surface area (Å²) < 4.78 is 33.3. The fraction of sp³-hybridized carbons (Fsp3) is 0.409. The van der Waals surface area contributed by atoms with Crippen LogP contribution in [0.25, 0.3) is 0 Å². The molecule has 1 amide bonds. The van der Waals surface area contributed by atoms with Crippen molar-refractivity contribution >= 4 is 15.9 Å². The van der Waals surface area contributed by atoms with Crippen LogP contribution in [0.1, 0.15) is 43.2 Å². The molecule has 0 radical (unpaired) electrons. The molecule has 1 fully saturated rings. The van der Waals surface area contributed by atoms with Gasteiger partial charge in [-0.05, 0) is 49.6 Å². The van der Waals surface area contributed by atoms with E-state index >= 15 is 0 Å². The Labute approximate surface area is 172 Å². The molecule has 2 N–H and O–H groups in total. The van der Waals surface area contributed by atoms with E-state index in [1.54, 1.807) is 12.1 Å². The summed E-state index contributed by atoms with van der Waals surface area (Å²) in [5.41, 5.74) is 2.17. The summed E-state index contributed by atoms with van der Waals surface area (Å²) in [6.45, 7) is 2.31. The van der Waals surface area contributed by atoms with E-state index in [9.17, 15) is 13.2 Å². The molecule has 6 nitrogen and oxygen atoms in total. The molecular formula is C22H28N2O4S. The quantitative estimate of drug-likeness (QED) is 0.692. The zero-order chi connectivity index (χ0) is 20.7. The van der Waals surface area contributed by atoms with Crippen LogP contribution >= 0.6 is 0 Å². The van der Waals surface area contributed by atoms with Crippen molar-refractivity contribution in [1.82, 2.24) is 10.0 Å². The van der Waals surface area contributed by atoms with Crippen molar-refractivity contribution < 1.29 is 17.9 Å². The van der Waals surface area contributed by atoms with Crippen molar-refractivity contribution in [2.24, 2.45) is 0 Å². The molecule has 29 heavy (non-hydrogen) atoms. The lowest BCUT2D eigenvalue weighted by atomic mass is 9.96. The fourth-order valence-electron chi connectivity index (χ4n) is 3.45. The van der Waals surface area contributed by atoms with E-state index in [4.69, 9.17) is 4.74 Å². The highest BCUT2D eigenvalue weighted by molar-refractivity contribution is 7.89. The highest BCUT2D eigenvalue weighted by atomic mass is 32.2. The van der Waals surface area contributed by atoms with Crippen LogP contribution in [0.4, 0.5) is 0 Å². The van der Waals surface area contributed by atoms with Crippen molar-refractivity contribution in [1.29, 1.82) is 0 Å². The minimum Gasteiger partial charge on any atom is -0.484 e. The monoisotopic (exact) mass is 416 g/mol. The maximum atomic E-state index is 12.5. The Kier molecular flexibility index (Phi) is 7.28. The van der Waals surface area contributed by atoms with Gasteiger partial charge in [0, 0.05) is 12.6 Å². The maximum Gasteiger partial charge on any atom is 0.258 e. The van der Waals surface area contributed by atoms with Gasteiger partial charge in [-0.3, -0.25) is 4.79 Å². The number of ether oxygens (including phenoxy) is 1. The highest BCUT2D eigenvalue weighted by Gasteiger charge is 2.21. The van der Waals surface area contributed by atoms with Crippen molar-refractivity contribution in [3.8, 4) is 5.75 Å². The van der Waals surface area contributed by atoms with Crippen LogP contribution in [0.5, 0.6) is 5.75 Å². The van der Waals surface area contributed by atoms with Crippen LogP contribution in [0.2, 0.25) is 0 Å². The first kappa shape index (κ1) is 21.3. The second-order valence-corrected chi connectivity index (χ2v) is 9.20. The minimum absolute atomic E-state index is 0.0155. The van der Waals surface area contributed by atoms with Gasteiger partial charge in [0.2, 0.25) is 10.0 Å². The van der Waals surface area contributed by atoms with Crippen LogP contribution < -0.4 is 14.8 Å². The number of amides is 1. The average molecular weight is 417 g/mol. The van der Waals surface area contributed by atoms with Crippen molar-refractivity contribution in [3.63, 3.8) is 0 Å². The Morgan fingerprint density at radius 2 is 1.79 bits per heavy atom. The molecule has 7 heteroatoms. The summed E-state index contributed by atoms with van der Waals surface area (Å²) >= 11 is 0. The van der Waals surface area contributed by atoms with E-state index in [-0.39, 0.29) is 23.5 Å². The predicted molar refractivity (Wildman–Crippen MR) is 112 cm³/mol. The lowest BCUT2D eigenvalue weighted by Gasteiger charge is -2.22. The lowest BCUT2D eigenvalue weighted by Crippen LogP contribution is -2.36. The Morgan fingerprint density at radius 1 is 1.07 bits per heavy atom. The Morgan fingerprint density at radius 3 is 2.48 bits per heavy atom. The van der Waals surface area contributed by atoms with Crippen molar-refractivity contribution in [2.75, 3.05) is 6.61 Å². The van der Waals surface area contributed by atoms with Crippen molar-refractivity contribution in [2.45, 2.75) is 56.5 Å². The first-order valence-corrected chi connectivity index (χ1v) is 11.5. The summed E-state index contributed by atoms with van der Waals surface area (Å²) in [6.07, 6.45) is 5.07. The van der Waals surface area contributed by atoms with Crippen LogP contribution in [0.15, 0.2) is 53.4 Å². The number of aryl methyl sites for hydroxylation is 1. The summed E-state index contributed by atoms with van der Waals surface area (Å²) in [7, 11) is -3.54. The Bertz CT molecular complexity index is 920. The third-order valence-corrected chi connectivity index (χ3v) is 6.54. The maximum absolute atomic E-state index is 12.5. The second kappa shape index (κ2) is 9.89. The Balaban J connectivity index is 1.47. The standard InChI is InChI=1S/C22H28N2O4S/c1-17-6-5-7-18(14-17)15-23-22(25)16-28-20-10-12-21(13-11-20)29(26,27)24-19-8-3-2-4-9-19/h5-7,10-14,19,24H,2-4,8-9,15-16H2,1H3,(H,23,25). The number of carbonyl (C=O) groups is 1. The molecule has 0 aliphatic heterocycles. The molecule has 0 aromatic heterocycles. The third kappa shape index (κ3) is 6.58. The molecule has 0 spiro atoms.